The molecule has 35 heavy (non-hydrogen) atoms. The van der Waals surface area contributed by atoms with Gasteiger partial charge in [-0.25, -0.2) is 4.98 Å². The van der Waals surface area contributed by atoms with E-state index in [0.717, 1.165) is 60.3 Å². The number of nitrogens with two attached hydrogens (primary N) is 1. The lowest BCUT2D eigenvalue weighted by molar-refractivity contribution is -0.941. The van der Waals surface area contributed by atoms with Crippen molar-refractivity contribution in [2.24, 2.45) is 10.6 Å². The van der Waals surface area contributed by atoms with Crippen molar-refractivity contribution < 1.29 is 28.8 Å². The van der Waals surface area contributed by atoms with Crippen molar-refractivity contribution in [1.29, 1.82) is 0 Å². The van der Waals surface area contributed by atoms with Crippen molar-refractivity contribution >= 4 is 51.7 Å². The van der Waals surface area contributed by atoms with Crippen LogP contribution in [0.25, 0.3) is 0 Å². The zero-order valence-electron chi connectivity index (χ0n) is 19.6. The first-order valence-corrected chi connectivity index (χ1v) is 13.4. The van der Waals surface area contributed by atoms with Gasteiger partial charge in [-0.05, 0) is 5.41 Å². The maximum atomic E-state index is 13.1. The van der Waals surface area contributed by atoms with Crippen LogP contribution in [0, 0.1) is 5.41 Å². The number of hydrogen-bond acceptors (Lipinski definition) is 10. The summed E-state index contributed by atoms with van der Waals surface area (Å²) in [7, 11) is 1.30. The van der Waals surface area contributed by atoms with Gasteiger partial charge in [0, 0.05) is 36.0 Å². The number of aromatic nitrogens is 1. The number of amides is 2. The van der Waals surface area contributed by atoms with Crippen LogP contribution in [0.15, 0.2) is 21.8 Å². The predicted octanol–water partition coefficient (Wildman–Crippen LogP) is -0.500. The summed E-state index contributed by atoms with van der Waals surface area (Å²) in [5.41, 5.74) is 6.91. The van der Waals surface area contributed by atoms with Crippen LogP contribution in [0.2, 0.25) is 0 Å². The first-order valence-electron chi connectivity index (χ1n) is 11.5. The predicted molar refractivity (Wildman–Crippen MR) is 129 cm³/mol. The highest BCUT2D eigenvalue weighted by Crippen LogP contribution is 2.46. The maximum absolute atomic E-state index is 13.1. The smallest absolute Gasteiger partial charge is 0.276 e. The minimum absolute atomic E-state index is 0.0336. The molecule has 5 aliphatic rings. The van der Waals surface area contributed by atoms with Gasteiger partial charge in [-0.15, -0.1) is 23.1 Å². The highest BCUT2D eigenvalue weighted by molar-refractivity contribution is 8.00. The minimum atomic E-state index is -1.35. The normalized spacial score (nSPS) is 32.2. The van der Waals surface area contributed by atoms with Crippen molar-refractivity contribution in [2.45, 2.75) is 37.6 Å². The fraction of sp³-hybridized carbons (Fsp3) is 0.591. The van der Waals surface area contributed by atoms with E-state index in [1.165, 1.54) is 23.8 Å². The van der Waals surface area contributed by atoms with Gasteiger partial charge in [-0.2, -0.15) is 0 Å². The van der Waals surface area contributed by atoms with E-state index in [1.54, 1.807) is 5.38 Å². The number of carbonyl (C=O) groups excluding carboxylic acids is 3. The average Bonchev–Trinajstić information content (AvgIpc) is 3.27. The number of fused-ring (bicyclic) bond motifs is 4. The second kappa shape index (κ2) is 8.79. The van der Waals surface area contributed by atoms with Crippen LogP contribution < -0.4 is 16.2 Å². The van der Waals surface area contributed by atoms with E-state index < -0.39 is 29.2 Å². The highest BCUT2D eigenvalue weighted by Gasteiger charge is 2.54. The Bertz CT molecular complexity index is 1120. The number of nitrogens with one attached hydrogen (secondary N) is 1. The molecule has 0 radical (unpaired) electrons. The molecule has 0 spiro atoms. The summed E-state index contributed by atoms with van der Waals surface area (Å²) in [6.07, 6.45) is 3.43. The molecule has 2 amide bonds. The topological polar surface area (TPSA) is 150 Å². The standard InChI is InChI=1S/C22H28N6O5S2/c1-22-3-6-28(7-4-22,8-5-22)9-12-10-34-19-15(18(30)27(19)16(12)20(31)32)25-17(29)14(26-33-2)13-11-35-21(23)24-13/h11,15,19H,3-10H2,1-2H3,(H3-,23,24,25,29,31,32)/b26-14-/t15-,19-,22?,28?/m1/s1. The Morgan fingerprint density at radius 1 is 1.37 bits per heavy atom. The Kier molecular flexibility index (Phi) is 6.04. The SMILES string of the molecule is CO/N=C(\C(=O)N[C@@H]1C(=O)N2C(C(=O)[O-])=C(C[N+]34CCC(C)(CC3)CC4)CS[C@H]12)c1csc(N)n1. The summed E-state index contributed by atoms with van der Waals surface area (Å²) in [5.74, 6) is -2.00. The van der Waals surface area contributed by atoms with Crippen LogP contribution in [0.5, 0.6) is 0 Å². The second-order valence-electron chi connectivity index (χ2n) is 10.0. The fourth-order valence-electron chi connectivity index (χ4n) is 5.57. The van der Waals surface area contributed by atoms with Gasteiger partial charge in [0.1, 0.15) is 30.8 Å². The lowest BCUT2D eigenvalue weighted by Gasteiger charge is -2.55. The van der Waals surface area contributed by atoms with Crippen LogP contribution in [0.4, 0.5) is 5.13 Å². The van der Waals surface area contributed by atoms with Gasteiger partial charge in [0.15, 0.2) is 10.8 Å². The number of carboxylic acids is 1. The van der Waals surface area contributed by atoms with Gasteiger partial charge >= 0.3 is 0 Å². The van der Waals surface area contributed by atoms with Crippen LogP contribution in [-0.2, 0) is 19.2 Å². The highest BCUT2D eigenvalue weighted by atomic mass is 32.2. The molecular formula is C22H28N6O5S2. The van der Waals surface area contributed by atoms with E-state index in [0.29, 0.717) is 17.7 Å². The molecule has 2 bridgehead atoms. The molecule has 188 valence electrons. The largest absolute Gasteiger partial charge is 0.543 e. The number of aliphatic carboxylic acids is 1. The second-order valence-corrected chi connectivity index (χ2v) is 12.0. The Hall–Kier alpha value is -2.64. The maximum Gasteiger partial charge on any atom is 0.276 e. The number of rotatable bonds is 7. The Morgan fingerprint density at radius 3 is 2.63 bits per heavy atom. The summed E-state index contributed by atoms with van der Waals surface area (Å²) in [6, 6.07) is -0.890. The van der Waals surface area contributed by atoms with Crippen LogP contribution in [-0.4, -0.2) is 88.3 Å². The molecule has 13 heteroatoms. The van der Waals surface area contributed by atoms with Gasteiger partial charge in [0.05, 0.1) is 31.3 Å². The number of carbonyl (C=O) groups is 3. The van der Waals surface area contributed by atoms with Gasteiger partial charge < -0.3 is 30.3 Å². The summed E-state index contributed by atoms with van der Waals surface area (Å²) < 4.78 is 0.878. The Balaban J connectivity index is 1.33. The molecule has 3 N–H and O–H groups in total. The fourth-order valence-corrected chi connectivity index (χ4v) is 7.45. The van der Waals surface area contributed by atoms with E-state index in [9.17, 15) is 19.5 Å². The van der Waals surface area contributed by atoms with Crippen LogP contribution >= 0.6 is 23.1 Å². The Labute approximate surface area is 210 Å². The third-order valence-electron chi connectivity index (χ3n) is 7.78. The number of quaternary nitrogens is 1. The van der Waals surface area contributed by atoms with E-state index in [2.05, 4.69) is 22.4 Å². The third-order valence-corrected chi connectivity index (χ3v) is 9.80. The molecule has 6 heterocycles. The molecule has 0 saturated carbocycles. The number of carboxylic acid groups (broad SMARTS) is 1. The van der Waals surface area contributed by atoms with Crippen molar-refractivity contribution in [1.82, 2.24) is 15.2 Å². The number of nitrogen functional groups attached to an aromatic ring is 1. The monoisotopic (exact) mass is 520 g/mol. The summed E-state index contributed by atoms with van der Waals surface area (Å²) in [6.45, 7) is 6.05. The number of β-lactam (4-membered cyclic amide) rings is 1. The number of piperidine rings is 3. The van der Waals surface area contributed by atoms with Gasteiger partial charge in [0.25, 0.3) is 11.8 Å². The number of thiazole rings is 1. The molecular weight excluding hydrogens is 492 g/mol. The zero-order valence-corrected chi connectivity index (χ0v) is 21.2. The molecule has 0 aliphatic carbocycles. The number of thioether (sulfide) groups is 1. The lowest BCUT2D eigenvalue weighted by atomic mass is 9.72. The van der Waals surface area contributed by atoms with Gasteiger partial charge in [-0.1, -0.05) is 12.1 Å². The van der Waals surface area contributed by atoms with Gasteiger partial charge in [0.2, 0.25) is 0 Å². The van der Waals surface area contributed by atoms with Crippen molar-refractivity contribution in [3.05, 3.63) is 22.3 Å². The number of oxime groups is 1. The van der Waals surface area contributed by atoms with Crippen molar-refractivity contribution in [3.8, 4) is 0 Å². The molecule has 11 nitrogen and oxygen atoms in total. The first kappa shape index (κ1) is 24.1. The van der Waals surface area contributed by atoms with Crippen LogP contribution in [0.3, 0.4) is 0 Å². The molecule has 2 atom stereocenters. The number of nitrogens with zero attached hydrogens (tertiary/aromatic N) is 4. The number of anilines is 1. The molecule has 0 unspecified atom stereocenters. The molecule has 4 fully saturated rings. The Morgan fingerprint density at radius 2 is 2.06 bits per heavy atom. The molecule has 1 aromatic rings. The summed E-state index contributed by atoms with van der Waals surface area (Å²) in [4.78, 5) is 48.3. The first-order chi connectivity index (χ1) is 16.7. The summed E-state index contributed by atoms with van der Waals surface area (Å²) in [5, 5.41) is 19.9. The average molecular weight is 521 g/mol. The zero-order chi connectivity index (χ0) is 25.0. The third kappa shape index (κ3) is 4.19. The molecule has 5 aliphatic heterocycles. The van der Waals surface area contributed by atoms with E-state index in [1.807, 2.05) is 0 Å². The number of hydrogen-bond donors (Lipinski definition) is 2. The van der Waals surface area contributed by atoms with E-state index in [4.69, 9.17) is 10.6 Å². The van der Waals surface area contributed by atoms with E-state index in [-0.39, 0.29) is 22.2 Å². The van der Waals surface area contributed by atoms with Crippen LogP contribution in [0.1, 0.15) is 31.9 Å². The summed E-state index contributed by atoms with van der Waals surface area (Å²) >= 11 is 2.60. The molecule has 1 aromatic heterocycles. The van der Waals surface area contributed by atoms with E-state index >= 15 is 0 Å². The molecule has 0 aromatic carbocycles. The van der Waals surface area contributed by atoms with Crippen molar-refractivity contribution in [3.63, 3.8) is 0 Å². The minimum Gasteiger partial charge on any atom is -0.543 e. The van der Waals surface area contributed by atoms with Crippen molar-refractivity contribution in [2.75, 3.05) is 44.8 Å². The quantitative estimate of drug-likeness (QED) is 0.211. The lowest BCUT2D eigenvalue weighted by Crippen LogP contribution is -2.72. The molecule has 4 saturated heterocycles. The molecule has 6 rings (SSSR count). The van der Waals surface area contributed by atoms with Gasteiger partial charge in [-0.3, -0.25) is 14.5 Å².